The van der Waals surface area contributed by atoms with E-state index in [1.54, 1.807) is 19.1 Å². The lowest BCUT2D eigenvalue weighted by Gasteiger charge is -2.19. The van der Waals surface area contributed by atoms with Gasteiger partial charge in [0.05, 0.1) is 16.2 Å². The van der Waals surface area contributed by atoms with Crippen LogP contribution in [0, 0.1) is 12.3 Å². The van der Waals surface area contributed by atoms with Gasteiger partial charge in [0, 0.05) is 57.5 Å². The largest absolute Gasteiger partial charge is 0.453 e. The highest BCUT2D eigenvalue weighted by Crippen LogP contribution is 2.41. The van der Waals surface area contributed by atoms with Crippen molar-refractivity contribution in [2.75, 3.05) is 0 Å². The fraction of sp³-hybridized carbons (Fsp3) is 0.371. The molecule has 0 aliphatic carbocycles. The molecule has 17 nitrogen and oxygen atoms in total. The van der Waals surface area contributed by atoms with Gasteiger partial charge >= 0.3 is 36.3 Å². The molecule has 0 unspecified atom stereocenters. The van der Waals surface area contributed by atoms with E-state index in [1.807, 2.05) is 0 Å². The zero-order chi connectivity index (χ0) is 49.9. The number of rotatable bonds is 12. The lowest BCUT2D eigenvalue weighted by atomic mass is 10.2. The second-order valence-corrected chi connectivity index (χ2v) is 13.9. The minimum absolute atomic E-state index is 0. The molecule has 0 saturated heterocycles. The molecule has 0 radical (unpaired) electrons. The summed E-state index contributed by atoms with van der Waals surface area (Å²) in [7, 11) is 0. The number of fused-ring (bicyclic) bond motifs is 3. The Balaban J connectivity index is 0.000000221. The van der Waals surface area contributed by atoms with Crippen LogP contribution in [0.3, 0.4) is 0 Å². The van der Waals surface area contributed by atoms with Crippen LogP contribution in [0.25, 0.3) is 44.6 Å². The van der Waals surface area contributed by atoms with E-state index in [1.165, 1.54) is 42.9 Å². The van der Waals surface area contributed by atoms with Gasteiger partial charge in [0.15, 0.2) is 22.8 Å². The molecular weight excluding hydrogens is 979 g/mol. The average molecular weight is 1010 g/mol. The van der Waals surface area contributed by atoms with Gasteiger partial charge in [0.1, 0.15) is 28.7 Å². The number of nitrogens with two attached hydrogens (primary N) is 3. The maximum Gasteiger partial charge on any atom is 0.453 e. The summed E-state index contributed by atoms with van der Waals surface area (Å²) in [5, 5.41) is 30.0. The lowest BCUT2D eigenvalue weighted by Crippen LogP contribution is -2.37. The van der Waals surface area contributed by atoms with E-state index in [0.717, 1.165) is 14.0 Å². The van der Waals surface area contributed by atoms with Crippen LogP contribution >= 0.6 is 12.4 Å². The zero-order valence-corrected chi connectivity index (χ0v) is 34.9. The Morgan fingerprint density at radius 2 is 0.971 bits per heavy atom. The van der Waals surface area contributed by atoms with Crippen molar-refractivity contribution in [3.05, 3.63) is 72.2 Å². The first-order valence-corrected chi connectivity index (χ1v) is 18.6. The summed E-state index contributed by atoms with van der Waals surface area (Å²) >= 11 is 0. The van der Waals surface area contributed by atoms with Crippen molar-refractivity contribution < 1.29 is 65.9 Å². The number of hydrogen-bond acceptors (Lipinski definition) is 11. The molecule has 8 N–H and O–H groups in total. The topological polar surface area (TPSA) is 248 Å². The van der Waals surface area contributed by atoms with Crippen LogP contribution < -0.4 is 17.3 Å². The smallest absolute Gasteiger partial charge is 0.382 e. The number of hydrogen-bond donors (Lipinski definition) is 5. The van der Waals surface area contributed by atoms with Gasteiger partial charge in [-0.3, -0.25) is 10.5 Å². The van der Waals surface area contributed by atoms with Crippen molar-refractivity contribution in [1.29, 1.82) is 5.41 Å². The third-order valence-corrected chi connectivity index (χ3v) is 9.12. The molecule has 0 spiro atoms. The molecule has 0 aliphatic rings. The normalized spacial score (nSPS) is 13.0. The van der Waals surface area contributed by atoms with E-state index in [4.69, 9.17) is 22.7 Å². The van der Waals surface area contributed by atoms with Crippen LogP contribution in [0.15, 0.2) is 60.1 Å². The third-order valence-electron chi connectivity index (χ3n) is 9.12. The van der Waals surface area contributed by atoms with Crippen molar-refractivity contribution in [3.63, 3.8) is 0 Å². The second kappa shape index (κ2) is 20.1. The monoisotopic (exact) mass is 1010 g/mol. The molecule has 0 fully saturated rings. The molecule has 7 rings (SSSR count). The van der Waals surface area contributed by atoms with Gasteiger partial charge in [-0.15, -0.1) is 12.4 Å². The number of H-pyrrole nitrogens is 1. The highest BCUT2D eigenvalue weighted by atomic mass is 35.5. The second-order valence-electron chi connectivity index (χ2n) is 13.9. The number of amidine groups is 2. The molecule has 7 aromatic rings. The van der Waals surface area contributed by atoms with Crippen molar-refractivity contribution in [3.8, 4) is 11.5 Å². The number of nitrogens with one attached hydrogen (secondary N) is 2. The fourth-order valence-corrected chi connectivity index (χ4v) is 5.72. The SMILES string of the molecule is Cc1nc(-c2nn(CCC(F)(F)C(F)(F)F)c3ncccc23)n[nH]1.Cl.N/N=C(\N)c1nn(CCC(F)(F)C(F)(F)F)c2ncccc12.N=C(N)c1nn(CCC(F)(F)C(F)(F)F)c2ncccc12. The van der Waals surface area contributed by atoms with E-state index >= 15 is 0 Å². The Hall–Kier alpha value is -7.02. The predicted octanol–water partition coefficient (Wildman–Crippen LogP) is 7.44. The van der Waals surface area contributed by atoms with Gasteiger partial charge < -0.3 is 17.3 Å². The fourth-order valence-electron chi connectivity index (χ4n) is 5.72. The molecule has 0 bridgehead atoms. The predicted molar refractivity (Wildman–Crippen MR) is 213 cm³/mol. The van der Waals surface area contributed by atoms with Crippen molar-refractivity contribution in [2.45, 2.75) is 82.1 Å². The molecule has 33 heteroatoms. The highest BCUT2D eigenvalue weighted by Gasteiger charge is 2.58. The molecule has 7 aromatic heterocycles. The number of nitrogens with zero attached hydrogens (tertiary/aromatic N) is 12. The van der Waals surface area contributed by atoms with Crippen molar-refractivity contribution in [2.24, 2.45) is 22.4 Å². The number of halogens is 16. The molecule has 0 saturated carbocycles. The van der Waals surface area contributed by atoms with E-state index < -0.39 is 81.0 Å². The maximum atomic E-state index is 13.1. The molecule has 7 heterocycles. The van der Waals surface area contributed by atoms with E-state index in [-0.39, 0.29) is 58.1 Å². The van der Waals surface area contributed by atoms with Crippen LogP contribution in [0.1, 0.15) is 36.5 Å². The minimum Gasteiger partial charge on any atom is -0.382 e. The van der Waals surface area contributed by atoms with Gasteiger partial charge in [-0.1, -0.05) is 0 Å². The van der Waals surface area contributed by atoms with Crippen LogP contribution in [0.4, 0.5) is 65.9 Å². The highest BCUT2D eigenvalue weighted by molar-refractivity contribution is 6.06. The van der Waals surface area contributed by atoms with E-state index in [2.05, 4.69) is 50.5 Å². The summed E-state index contributed by atoms with van der Waals surface area (Å²) in [5.74, 6) is -9.30. The Labute approximate surface area is 375 Å². The third kappa shape index (κ3) is 11.7. The van der Waals surface area contributed by atoms with Gasteiger partial charge in [-0.05, 0) is 43.3 Å². The molecule has 68 heavy (non-hydrogen) atoms. The standard InChI is InChI=1S/C13H11F5N6.C11H11F5N6.C11H10F5N5.ClH/c1-7-20-10(22-21-7)9-8-3-2-5-19-11(8)24(23-9)6-4-12(14,15)13(16,17)18;12-10(13,11(14,15)16)3-5-22-9-6(2-1-4-19-9)7(21-22)8(17)20-18;12-10(13,11(14,15)16)3-5-21-9-6(2-1-4-19-9)7(20-21)8(17)18;/h2-3,5H,4,6H2,1H3,(H,20,21,22);1-2,4H,3,5,18H2,(H2,17,20);1-2,4H,3,5H2,(H3,17,18);1H. The molecule has 0 amide bonds. The summed E-state index contributed by atoms with van der Waals surface area (Å²) in [6.45, 7) is -0.383. The molecule has 0 aromatic carbocycles. The Morgan fingerprint density at radius 1 is 0.603 bits per heavy atom. The Morgan fingerprint density at radius 3 is 1.34 bits per heavy atom. The van der Waals surface area contributed by atoms with Crippen molar-refractivity contribution >= 4 is 57.2 Å². The van der Waals surface area contributed by atoms with Gasteiger partial charge in [-0.25, -0.2) is 34.0 Å². The minimum atomic E-state index is -5.62. The summed E-state index contributed by atoms with van der Waals surface area (Å²) in [5.41, 5.74) is 11.5. The number of aromatic nitrogens is 12. The number of nitrogen functional groups attached to an aromatic ring is 1. The number of aryl methyl sites for hydroxylation is 4. The Kier molecular flexibility index (Phi) is 15.8. The molecule has 0 atom stereocenters. The molecular formula is C35H33ClF15N17. The quantitative estimate of drug-likeness (QED) is 0.0265. The zero-order valence-electron chi connectivity index (χ0n) is 34.1. The summed E-state index contributed by atoms with van der Waals surface area (Å²) < 4.78 is 191. The molecule has 0 aliphatic heterocycles. The summed E-state index contributed by atoms with van der Waals surface area (Å²) in [6.07, 6.45) is -17.1. The number of pyridine rings is 3. The molecule has 370 valence electrons. The van der Waals surface area contributed by atoms with Gasteiger partial charge in [-0.2, -0.15) is 91.4 Å². The Bertz CT molecular complexity index is 2860. The van der Waals surface area contributed by atoms with Gasteiger partial charge in [0.2, 0.25) is 5.82 Å². The summed E-state index contributed by atoms with van der Waals surface area (Å²) in [4.78, 5) is 15.9. The number of aromatic amines is 1. The van der Waals surface area contributed by atoms with Crippen LogP contribution in [-0.2, 0) is 19.6 Å². The average Bonchev–Trinajstić information content (AvgIpc) is 4.03. The number of hydrazone groups is 1. The van der Waals surface area contributed by atoms with Crippen LogP contribution in [0.2, 0.25) is 0 Å². The van der Waals surface area contributed by atoms with E-state index in [9.17, 15) is 65.9 Å². The first kappa shape index (κ1) is 53.6. The van der Waals surface area contributed by atoms with E-state index in [0.29, 0.717) is 22.0 Å². The summed E-state index contributed by atoms with van der Waals surface area (Å²) in [6, 6.07) is 9.30. The number of alkyl halides is 15. The first-order chi connectivity index (χ1) is 31.0. The van der Waals surface area contributed by atoms with Crippen LogP contribution in [-0.4, -0.2) is 107 Å². The van der Waals surface area contributed by atoms with Crippen molar-refractivity contribution in [1.82, 2.24) is 59.5 Å². The van der Waals surface area contributed by atoms with Crippen LogP contribution in [0.5, 0.6) is 0 Å². The van der Waals surface area contributed by atoms with Gasteiger partial charge in [0.25, 0.3) is 0 Å². The first-order valence-electron chi connectivity index (χ1n) is 18.6. The lowest BCUT2D eigenvalue weighted by molar-refractivity contribution is -0.285. The maximum absolute atomic E-state index is 13.1.